The Hall–Kier alpha value is -3.32. The van der Waals surface area contributed by atoms with Gasteiger partial charge in [-0.2, -0.15) is 0 Å². The van der Waals surface area contributed by atoms with E-state index in [0.29, 0.717) is 19.6 Å². The van der Waals surface area contributed by atoms with E-state index in [-0.39, 0.29) is 18.4 Å². The van der Waals surface area contributed by atoms with Crippen LogP contribution in [0.5, 0.6) is 0 Å². The molecular formula is C23H23N5O2. The molecule has 0 saturated carbocycles. The lowest BCUT2D eigenvalue weighted by atomic mass is 10.0. The highest BCUT2D eigenvalue weighted by atomic mass is 16.2. The van der Waals surface area contributed by atoms with Crippen molar-refractivity contribution in [1.29, 1.82) is 0 Å². The van der Waals surface area contributed by atoms with E-state index >= 15 is 0 Å². The predicted molar refractivity (Wildman–Crippen MR) is 112 cm³/mol. The van der Waals surface area contributed by atoms with Gasteiger partial charge in [0.25, 0.3) is 0 Å². The van der Waals surface area contributed by atoms with Crippen LogP contribution >= 0.6 is 0 Å². The topological polar surface area (TPSA) is 69.6 Å². The van der Waals surface area contributed by atoms with Crippen LogP contribution in [0.2, 0.25) is 0 Å². The highest BCUT2D eigenvalue weighted by molar-refractivity contribution is 5.95. The third-order valence-electron chi connectivity index (χ3n) is 5.92. The molecule has 152 valence electrons. The Kier molecular flexibility index (Phi) is 4.88. The SMILES string of the molecule is O=C1C2CN(Cc3cccc4ncccc34)CCN2C(=O)CN1Cc1ccccn1. The molecule has 0 aliphatic carbocycles. The Morgan fingerprint density at radius 3 is 2.67 bits per heavy atom. The van der Waals surface area contributed by atoms with E-state index < -0.39 is 6.04 Å². The number of pyridine rings is 2. The molecular weight excluding hydrogens is 378 g/mol. The molecule has 0 radical (unpaired) electrons. The Morgan fingerprint density at radius 2 is 1.80 bits per heavy atom. The summed E-state index contributed by atoms with van der Waals surface area (Å²) in [5.74, 6) is 0.0223. The second-order valence-electron chi connectivity index (χ2n) is 7.84. The number of benzene rings is 1. The lowest BCUT2D eigenvalue weighted by molar-refractivity contribution is -0.160. The Morgan fingerprint density at radius 1 is 0.900 bits per heavy atom. The summed E-state index contributed by atoms with van der Waals surface area (Å²) in [4.78, 5) is 40.3. The van der Waals surface area contributed by atoms with E-state index in [2.05, 4.69) is 27.0 Å². The van der Waals surface area contributed by atoms with Gasteiger partial charge in [0.2, 0.25) is 11.8 Å². The molecule has 7 nitrogen and oxygen atoms in total. The van der Waals surface area contributed by atoms with Gasteiger partial charge in [-0.05, 0) is 29.8 Å². The monoisotopic (exact) mass is 401 g/mol. The normalized spacial score (nSPS) is 19.9. The minimum atomic E-state index is -0.434. The molecule has 2 aliphatic heterocycles. The number of hydrogen-bond acceptors (Lipinski definition) is 5. The van der Waals surface area contributed by atoms with Gasteiger partial charge in [0.15, 0.2) is 0 Å². The summed E-state index contributed by atoms with van der Waals surface area (Å²) in [5.41, 5.74) is 2.95. The average molecular weight is 401 g/mol. The molecule has 1 unspecified atom stereocenters. The van der Waals surface area contributed by atoms with Crippen LogP contribution in [0.4, 0.5) is 0 Å². The first-order chi connectivity index (χ1) is 14.7. The van der Waals surface area contributed by atoms with Crippen molar-refractivity contribution in [2.45, 2.75) is 19.1 Å². The smallest absolute Gasteiger partial charge is 0.247 e. The quantitative estimate of drug-likeness (QED) is 0.665. The van der Waals surface area contributed by atoms with Gasteiger partial charge in [-0.15, -0.1) is 0 Å². The van der Waals surface area contributed by atoms with Gasteiger partial charge >= 0.3 is 0 Å². The third-order valence-corrected chi connectivity index (χ3v) is 5.92. The van der Waals surface area contributed by atoms with Crippen LogP contribution in [-0.4, -0.2) is 68.7 Å². The van der Waals surface area contributed by atoms with Crippen molar-refractivity contribution in [3.63, 3.8) is 0 Å². The molecule has 1 atom stereocenters. The van der Waals surface area contributed by atoms with Crippen molar-refractivity contribution >= 4 is 22.7 Å². The number of fused-ring (bicyclic) bond motifs is 2. The van der Waals surface area contributed by atoms with Crippen LogP contribution in [0, 0.1) is 0 Å². The van der Waals surface area contributed by atoms with E-state index in [1.165, 1.54) is 5.56 Å². The largest absolute Gasteiger partial charge is 0.327 e. The van der Waals surface area contributed by atoms with Crippen LogP contribution in [0.1, 0.15) is 11.3 Å². The van der Waals surface area contributed by atoms with Crippen molar-refractivity contribution in [1.82, 2.24) is 24.7 Å². The Labute approximate surface area is 174 Å². The molecule has 0 N–H and O–H groups in total. The second-order valence-corrected chi connectivity index (χ2v) is 7.84. The van der Waals surface area contributed by atoms with Crippen molar-refractivity contribution in [3.8, 4) is 0 Å². The van der Waals surface area contributed by atoms with Crippen molar-refractivity contribution < 1.29 is 9.59 Å². The van der Waals surface area contributed by atoms with Crippen LogP contribution in [0.3, 0.4) is 0 Å². The van der Waals surface area contributed by atoms with E-state index in [1.54, 1.807) is 22.2 Å². The fourth-order valence-electron chi connectivity index (χ4n) is 4.40. The second kappa shape index (κ2) is 7.84. The zero-order valence-electron chi connectivity index (χ0n) is 16.6. The summed E-state index contributed by atoms with van der Waals surface area (Å²) in [6, 6.07) is 15.4. The van der Waals surface area contributed by atoms with Gasteiger partial charge in [0.1, 0.15) is 12.6 Å². The number of carbonyl (C=O) groups is 2. The maximum absolute atomic E-state index is 13.2. The lowest BCUT2D eigenvalue weighted by Gasteiger charge is -2.46. The van der Waals surface area contributed by atoms with E-state index in [0.717, 1.165) is 29.7 Å². The van der Waals surface area contributed by atoms with Crippen molar-refractivity contribution in [3.05, 3.63) is 72.2 Å². The van der Waals surface area contributed by atoms with Gasteiger partial charge in [-0.25, -0.2) is 0 Å². The first-order valence-corrected chi connectivity index (χ1v) is 10.2. The van der Waals surface area contributed by atoms with E-state index in [1.807, 2.05) is 36.4 Å². The van der Waals surface area contributed by atoms with E-state index in [4.69, 9.17) is 0 Å². The predicted octanol–water partition coefficient (Wildman–Crippen LogP) is 1.68. The molecule has 5 rings (SSSR count). The molecule has 0 spiro atoms. The van der Waals surface area contributed by atoms with Gasteiger partial charge in [0, 0.05) is 44.0 Å². The minimum Gasteiger partial charge on any atom is -0.327 e. The summed E-state index contributed by atoms with van der Waals surface area (Å²) >= 11 is 0. The molecule has 2 saturated heterocycles. The molecule has 0 bridgehead atoms. The Bertz CT molecular complexity index is 1080. The standard InChI is InChI=1S/C23H23N5O2/c29-22-16-27(14-18-6-1-2-9-24-18)23(30)21-15-26(11-12-28(21)22)13-17-5-3-8-20-19(17)7-4-10-25-20/h1-10,21H,11-16H2. The van der Waals surface area contributed by atoms with Crippen molar-refractivity contribution in [2.75, 3.05) is 26.2 Å². The maximum Gasteiger partial charge on any atom is 0.247 e. The van der Waals surface area contributed by atoms with Crippen LogP contribution in [0.15, 0.2) is 60.9 Å². The highest BCUT2D eigenvalue weighted by Crippen LogP contribution is 2.23. The molecule has 2 aromatic heterocycles. The number of piperazine rings is 2. The van der Waals surface area contributed by atoms with Crippen LogP contribution < -0.4 is 0 Å². The fraction of sp³-hybridized carbons (Fsp3) is 0.304. The van der Waals surface area contributed by atoms with Crippen LogP contribution in [0.25, 0.3) is 10.9 Å². The lowest BCUT2D eigenvalue weighted by Crippen LogP contribution is -2.66. The number of rotatable bonds is 4. The Balaban J connectivity index is 1.33. The molecule has 2 amide bonds. The summed E-state index contributed by atoms with van der Waals surface area (Å²) in [7, 11) is 0. The van der Waals surface area contributed by atoms with Gasteiger partial charge < -0.3 is 9.80 Å². The average Bonchev–Trinajstić information content (AvgIpc) is 2.78. The fourth-order valence-corrected chi connectivity index (χ4v) is 4.40. The molecule has 3 aromatic rings. The summed E-state index contributed by atoms with van der Waals surface area (Å²) in [6.45, 7) is 3.10. The first kappa shape index (κ1) is 18.7. The molecule has 7 heteroatoms. The molecule has 30 heavy (non-hydrogen) atoms. The molecule has 2 aliphatic rings. The number of amides is 2. The number of hydrogen-bond donors (Lipinski definition) is 0. The number of aromatic nitrogens is 2. The first-order valence-electron chi connectivity index (χ1n) is 10.2. The highest BCUT2D eigenvalue weighted by Gasteiger charge is 2.42. The third kappa shape index (κ3) is 3.52. The summed E-state index contributed by atoms with van der Waals surface area (Å²) < 4.78 is 0. The van der Waals surface area contributed by atoms with Gasteiger partial charge in [-0.1, -0.05) is 24.3 Å². The molecule has 4 heterocycles. The van der Waals surface area contributed by atoms with Crippen LogP contribution in [-0.2, 0) is 22.7 Å². The summed E-state index contributed by atoms with van der Waals surface area (Å²) in [6.07, 6.45) is 3.51. The number of nitrogens with zero attached hydrogens (tertiary/aromatic N) is 5. The molecule has 1 aromatic carbocycles. The minimum absolute atomic E-state index is 0.00420. The molecule has 2 fully saturated rings. The van der Waals surface area contributed by atoms with E-state index in [9.17, 15) is 9.59 Å². The van der Waals surface area contributed by atoms with Gasteiger partial charge in [-0.3, -0.25) is 24.5 Å². The summed E-state index contributed by atoms with van der Waals surface area (Å²) in [5, 5.41) is 1.13. The van der Waals surface area contributed by atoms with Gasteiger partial charge in [0.05, 0.1) is 17.8 Å². The zero-order chi connectivity index (χ0) is 20.5. The van der Waals surface area contributed by atoms with Crippen molar-refractivity contribution in [2.24, 2.45) is 0 Å². The zero-order valence-corrected chi connectivity index (χ0v) is 16.6. The maximum atomic E-state index is 13.2. The number of carbonyl (C=O) groups excluding carboxylic acids is 2.